The molecule has 6 heteroatoms. The van der Waals surface area contributed by atoms with Crippen molar-refractivity contribution in [2.45, 2.75) is 25.8 Å². The summed E-state index contributed by atoms with van der Waals surface area (Å²) < 4.78 is 5.18. The number of para-hydroxylation sites is 2. The molecule has 0 fully saturated rings. The SMILES string of the molecule is CCC[C@@H](NC(=O)N(C)c1ccccc1OC)C(=O)O. The van der Waals surface area contributed by atoms with Crippen molar-refractivity contribution in [3.05, 3.63) is 24.3 Å². The summed E-state index contributed by atoms with van der Waals surface area (Å²) in [7, 11) is 3.08. The number of carboxylic acid groups (broad SMARTS) is 1. The minimum atomic E-state index is -1.03. The van der Waals surface area contributed by atoms with Crippen LogP contribution in [0.3, 0.4) is 0 Å². The van der Waals surface area contributed by atoms with Crippen molar-refractivity contribution in [2.75, 3.05) is 19.1 Å². The van der Waals surface area contributed by atoms with Crippen LogP contribution in [0.2, 0.25) is 0 Å². The first-order valence-corrected chi connectivity index (χ1v) is 6.41. The Labute approximate surface area is 118 Å². The van der Waals surface area contributed by atoms with Crippen molar-refractivity contribution in [3.8, 4) is 5.75 Å². The molecule has 0 spiro atoms. The van der Waals surface area contributed by atoms with Crippen LogP contribution in [0.1, 0.15) is 19.8 Å². The summed E-state index contributed by atoms with van der Waals surface area (Å²) in [4.78, 5) is 24.5. The predicted octanol–water partition coefficient (Wildman–Crippen LogP) is 2.09. The van der Waals surface area contributed by atoms with E-state index in [9.17, 15) is 9.59 Å². The molecule has 1 rings (SSSR count). The number of carboxylic acids is 1. The summed E-state index contributed by atoms with van der Waals surface area (Å²) in [5.74, 6) is -0.485. The zero-order valence-electron chi connectivity index (χ0n) is 11.9. The number of benzene rings is 1. The first kappa shape index (κ1) is 15.8. The molecule has 1 aromatic carbocycles. The molecule has 0 saturated heterocycles. The van der Waals surface area contributed by atoms with Gasteiger partial charge in [-0.15, -0.1) is 0 Å². The Morgan fingerprint density at radius 2 is 2.05 bits per heavy atom. The Hall–Kier alpha value is -2.24. The van der Waals surface area contributed by atoms with Gasteiger partial charge in [0.15, 0.2) is 0 Å². The third-order valence-corrected chi connectivity index (χ3v) is 2.92. The number of ether oxygens (including phenoxy) is 1. The molecule has 0 saturated carbocycles. The highest BCUT2D eigenvalue weighted by Crippen LogP contribution is 2.26. The maximum atomic E-state index is 12.1. The van der Waals surface area contributed by atoms with Crippen LogP contribution in [-0.4, -0.2) is 37.3 Å². The van der Waals surface area contributed by atoms with Gasteiger partial charge in [-0.2, -0.15) is 0 Å². The third kappa shape index (κ3) is 3.88. The standard InChI is InChI=1S/C14H20N2O4/c1-4-7-10(13(17)18)15-14(19)16(2)11-8-5-6-9-12(11)20-3/h5-6,8-10H,4,7H2,1-3H3,(H,15,19)(H,17,18)/t10-/m1/s1. The number of rotatable bonds is 6. The Kier molecular flexibility index (Phi) is 5.83. The van der Waals surface area contributed by atoms with Crippen LogP contribution in [0.15, 0.2) is 24.3 Å². The fourth-order valence-electron chi connectivity index (χ4n) is 1.81. The first-order valence-electron chi connectivity index (χ1n) is 6.41. The van der Waals surface area contributed by atoms with Crippen molar-refractivity contribution in [1.29, 1.82) is 0 Å². The molecule has 110 valence electrons. The van der Waals surface area contributed by atoms with E-state index in [0.717, 1.165) is 0 Å². The zero-order chi connectivity index (χ0) is 15.1. The molecular weight excluding hydrogens is 260 g/mol. The van der Waals surface area contributed by atoms with E-state index in [2.05, 4.69) is 5.32 Å². The molecular formula is C14H20N2O4. The molecule has 2 amide bonds. The van der Waals surface area contributed by atoms with Crippen molar-refractivity contribution in [3.63, 3.8) is 0 Å². The number of methoxy groups -OCH3 is 1. The summed E-state index contributed by atoms with van der Waals surface area (Å²) in [5, 5.41) is 11.5. The van der Waals surface area contributed by atoms with Crippen LogP contribution in [0.25, 0.3) is 0 Å². The van der Waals surface area contributed by atoms with Gasteiger partial charge < -0.3 is 15.2 Å². The number of hydrogen-bond acceptors (Lipinski definition) is 3. The van der Waals surface area contributed by atoms with Crippen LogP contribution < -0.4 is 15.0 Å². The average Bonchev–Trinajstić information content (AvgIpc) is 2.45. The molecule has 0 aliphatic carbocycles. The van der Waals surface area contributed by atoms with E-state index in [0.29, 0.717) is 24.3 Å². The quantitative estimate of drug-likeness (QED) is 0.836. The molecule has 2 N–H and O–H groups in total. The highest BCUT2D eigenvalue weighted by atomic mass is 16.5. The van der Waals surface area contributed by atoms with Gasteiger partial charge in [0, 0.05) is 7.05 Å². The van der Waals surface area contributed by atoms with E-state index < -0.39 is 18.0 Å². The number of carbonyl (C=O) groups excluding carboxylic acids is 1. The van der Waals surface area contributed by atoms with Gasteiger partial charge in [0.05, 0.1) is 12.8 Å². The largest absolute Gasteiger partial charge is 0.495 e. The van der Waals surface area contributed by atoms with E-state index >= 15 is 0 Å². The average molecular weight is 280 g/mol. The minimum Gasteiger partial charge on any atom is -0.495 e. The zero-order valence-corrected chi connectivity index (χ0v) is 11.9. The lowest BCUT2D eigenvalue weighted by atomic mass is 10.2. The van der Waals surface area contributed by atoms with Gasteiger partial charge in [-0.1, -0.05) is 25.5 Å². The number of hydrogen-bond donors (Lipinski definition) is 2. The lowest BCUT2D eigenvalue weighted by molar-refractivity contribution is -0.139. The van der Waals surface area contributed by atoms with Crippen LogP contribution in [0.5, 0.6) is 5.75 Å². The highest BCUT2D eigenvalue weighted by Gasteiger charge is 2.22. The normalized spacial score (nSPS) is 11.6. The second kappa shape index (κ2) is 7.37. The van der Waals surface area contributed by atoms with Crippen molar-refractivity contribution >= 4 is 17.7 Å². The number of aliphatic carboxylic acids is 1. The van der Waals surface area contributed by atoms with Crippen LogP contribution in [-0.2, 0) is 4.79 Å². The summed E-state index contributed by atoms with van der Waals surface area (Å²) in [6.07, 6.45) is 1.07. The van der Waals surface area contributed by atoms with Crippen molar-refractivity contribution < 1.29 is 19.4 Å². The predicted molar refractivity (Wildman–Crippen MR) is 76.3 cm³/mol. The lowest BCUT2D eigenvalue weighted by Gasteiger charge is -2.22. The Balaban J connectivity index is 2.83. The van der Waals surface area contributed by atoms with E-state index in [-0.39, 0.29) is 0 Å². The topological polar surface area (TPSA) is 78.9 Å². The Morgan fingerprint density at radius 1 is 1.40 bits per heavy atom. The molecule has 0 aliphatic rings. The van der Waals surface area contributed by atoms with Gasteiger partial charge in [0.2, 0.25) is 0 Å². The fourth-order valence-corrected chi connectivity index (χ4v) is 1.81. The number of anilines is 1. The third-order valence-electron chi connectivity index (χ3n) is 2.92. The smallest absolute Gasteiger partial charge is 0.326 e. The van der Waals surface area contributed by atoms with Gasteiger partial charge in [-0.3, -0.25) is 4.90 Å². The molecule has 0 unspecified atom stereocenters. The van der Waals surface area contributed by atoms with Crippen LogP contribution in [0, 0.1) is 0 Å². The number of amides is 2. The summed E-state index contributed by atoms with van der Waals surface area (Å²) in [6.45, 7) is 1.87. The van der Waals surface area contributed by atoms with Gasteiger partial charge >= 0.3 is 12.0 Å². The molecule has 0 bridgehead atoms. The van der Waals surface area contributed by atoms with E-state index in [1.165, 1.54) is 12.0 Å². The summed E-state index contributed by atoms with van der Waals surface area (Å²) >= 11 is 0. The summed E-state index contributed by atoms with van der Waals surface area (Å²) in [6, 6.07) is 5.68. The first-order chi connectivity index (χ1) is 9.51. The van der Waals surface area contributed by atoms with Crippen molar-refractivity contribution in [2.24, 2.45) is 0 Å². The van der Waals surface area contributed by atoms with Gasteiger partial charge in [-0.05, 0) is 18.6 Å². The number of urea groups is 1. The maximum absolute atomic E-state index is 12.1. The number of nitrogens with zero attached hydrogens (tertiary/aromatic N) is 1. The molecule has 1 atom stereocenters. The molecule has 6 nitrogen and oxygen atoms in total. The molecule has 0 aliphatic heterocycles. The second-order valence-corrected chi connectivity index (χ2v) is 4.36. The van der Waals surface area contributed by atoms with E-state index in [4.69, 9.17) is 9.84 Å². The van der Waals surface area contributed by atoms with Crippen LogP contribution >= 0.6 is 0 Å². The number of nitrogens with one attached hydrogen (secondary N) is 1. The highest BCUT2D eigenvalue weighted by molar-refractivity contribution is 5.95. The van der Waals surface area contributed by atoms with E-state index in [1.54, 1.807) is 31.3 Å². The second-order valence-electron chi connectivity index (χ2n) is 4.36. The van der Waals surface area contributed by atoms with Crippen molar-refractivity contribution in [1.82, 2.24) is 5.32 Å². The summed E-state index contributed by atoms with van der Waals surface area (Å²) in [5.41, 5.74) is 0.577. The van der Waals surface area contributed by atoms with Crippen LogP contribution in [0.4, 0.5) is 10.5 Å². The van der Waals surface area contributed by atoms with Gasteiger partial charge in [0.25, 0.3) is 0 Å². The monoisotopic (exact) mass is 280 g/mol. The molecule has 1 aromatic rings. The Bertz CT molecular complexity index is 476. The molecule has 0 radical (unpaired) electrons. The fraction of sp³-hybridized carbons (Fsp3) is 0.429. The minimum absolute atomic E-state index is 0.390. The molecule has 20 heavy (non-hydrogen) atoms. The van der Waals surface area contributed by atoms with E-state index in [1.807, 2.05) is 6.92 Å². The molecule has 0 heterocycles. The maximum Gasteiger partial charge on any atom is 0.326 e. The lowest BCUT2D eigenvalue weighted by Crippen LogP contribution is -2.46. The Morgan fingerprint density at radius 3 is 2.60 bits per heavy atom. The molecule has 0 aromatic heterocycles. The van der Waals surface area contributed by atoms with Gasteiger partial charge in [-0.25, -0.2) is 9.59 Å². The van der Waals surface area contributed by atoms with Gasteiger partial charge in [0.1, 0.15) is 11.8 Å². The number of carbonyl (C=O) groups is 2.